The smallest absolute Gasteiger partial charge is 0.397 e. The van der Waals surface area contributed by atoms with Gasteiger partial charge in [-0.25, -0.2) is 4.18 Å². The van der Waals surface area contributed by atoms with Gasteiger partial charge in [0.1, 0.15) is 30.5 Å². The Balaban J connectivity index is 2.29. The van der Waals surface area contributed by atoms with Crippen molar-refractivity contribution < 1.29 is 56.2 Å². The molecule has 400 valence electrons. The van der Waals surface area contributed by atoms with Crippen molar-refractivity contribution in [2.45, 2.75) is 314 Å². The highest BCUT2D eigenvalue weighted by atomic mass is 32.3. The summed E-state index contributed by atoms with van der Waals surface area (Å²) in [5.41, 5.74) is 0. The predicted molar refractivity (Wildman–Crippen MR) is 271 cm³/mol. The summed E-state index contributed by atoms with van der Waals surface area (Å²) < 4.78 is 59.4. The first-order valence-electron chi connectivity index (χ1n) is 28.3. The van der Waals surface area contributed by atoms with Crippen molar-refractivity contribution in [2.75, 3.05) is 26.4 Å². The van der Waals surface area contributed by atoms with Crippen LogP contribution in [0.2, 0.25) is 0 Å². The minimum absolute atomic E-state index is 0.0455. The predicted octanol–water partition coefficient (Wildman–Crippen LogP) is 13.6. The van der Waals surface area contributed by atoms with Crippen LogP contribution >= 0.6 is 0 Å². The maximum atomic E-state index is 12.9. The molecule has 1 fully saturated rings. The lowest BCUT2D eigenvalue weighted by Gasteiger charge is -2.41. The first-order valence-corrected chi connectivity index (χ1v) is 29.7. The molecule has 0 amide bonds. The van der Waals surface area contributed by atoms with Crippen LogP contribution in [0.1, 0.15) is 277 Å². The van der Waals surface area contributed by atoms with Crippen molar-refractivity contribution in [3.05, 3.63) is 0 Å². The minimum Gasteiger partial charge on any atom is -0.457 e. The molecule has 0 aromatic heterocycles. The number of aliphatic hydroxyl groups is 3. The second kappa shape index (κ2) is 46.2. The maximum absolute atomic E-state index is 12.9. The number of hydrogen-bond acceptors (Lipinski definition) is 11. The molecule has 1 rings (SSSR count). The Morgan fingerprint density at radius 1 is 0.507 bits per heavy atom. The average molecular weight is 979 g/mol. The molecule has 1 heterocycles. The molecule has 1 saturated heterocycles. The van der Waals surface area contributed by atoms with Crippen LogP contribution in [0.25, 0.3) is 0 Å². The lowest BCUT2D eigenvalue weighted by molar-refractivity contribution is -0.301. The number of unbranched alkanes of at least 4 members (excludes halogenated alkanes) is 38. The molecular weight excluding hydrogens is 873 g/mol. The Bertz CT molecular complexity index is 1180. The molecule has 13 heteroatoms. The molecule has 0 radical (unpaired) electrons. The van der Waals surface area contributed by atoms with Crippen LogP contribution in [0.4, 0.5) is 0 Å². The lowest BCUT2D eigenvalue weighted by atomic mass is 9.99. The van der Waals surface area contributed by atoms with Crippen molar-refractivity contribution in [2.24, 2.45) is 0 Å². The van der Waals surface area contributed by atoms with E-state index >= 15 is 0 Å². The highest BCUT2D eigenvalue weighted by molar-refractivity contribution is 7.80. The second-order valence-electron chi connectivity index (χ2n) is 19.9. The maximum Gasteiger partial charge on any atom is 0.397 e. The summed E-state index contributed by atoms with van der Waals surface area (Å²) in [5.74, 6) is -0.389. The molecule has 0 saturated carbocycles. The number of aliphatic hydroxyl groups excluding tert-OH is 3. The standard InChI is InChI=1S/C54H106O12S/c1-3-5-7-9-11-13-15-17-19-21-23-24-25-27-29-31-33-35-37-39-41-43-50(56)64-48(47-63-54-52(58)53(66-67(59,60)61)51(57)49(45-55)65-54)46-62-44-42-40-38-36-34-32-30-28-26-22-20-18-16-14-12-10-8-6-4-2/h48-49,51-55,57-58H,3-47H2,1-2H3,(H,59,60,61). The number of carbonyl (C=O) groups excluding carboxylic acids is 1. The first kappa shape index (κ1) is 64.1. The van der Waals surface area contributed by atoms with Gasteiger partial charge in [0.2, 0.25) is 0 Å². The van der Waals surface area contributed by atoms with Crippen LogP contribution in [-0.2, 0) is 38.3 Å². The number of hydrogen-bond donors (Lipinski definition) is 4. The van der Waals surface area contributed by atoms with Crippen LogP contribution in [0.15, 0.2) is 0 Å². The Labute approximate surface area is 411 Å². The monoisotopic (exact) mass is 979 g/mol. The molecule has 0 bridgehead atoms. The number of carbonyl (C=O) groups is 1. The second-order valence-corrected chi connectivity index (χ2v) is 20.9. The lowest BCUT2D eigenvalue weighted by Crippen LogP contribution is -2.60. The van der Waals surface area contributed by atoms with Gasteiger partial charge in [0, 0.05) is 13.0 Å². The molecule has 6 unspecified atom stereocenters. The zero-order valence-corrected chi connectivity index (χ0v) is 44.1. The highest BCUT2D eigenvalue weighted by Crippen LogP contribution is 2.26. The third-order valence-corrected chi connectivity index (χ3v) is 13.9. The number of esters is 1. The molecule has 0 aromatic carbocycles. The van der Waals surface area contributed by atoms with Gasteiger partial charge in [-0.3, -0.25) is 9.35 Å². The van der Waals surface area contributed by atoms with Gasteiger partial charge in [-0.1, -0.05) is 258 Å². The van der Waals surface area contributed by atoms with E-state index in [9.17, 15) is 33.1 Å². The van der Waals surface area contributed by atoms with Gasteiger partial charge in [0.25, 0.3) is 0 Å². The molecule has 1 aliphatic rings. The van der Waals surface area contributed by atoms with Crippen LogP contribution < -0.4 is 0 Å². The molecule has 0 aromatic rings. The largest absolute Gasteiger partial charge is 0.457 e. The summed E-state index contributed by atoms with van der Waals surface area (Å²) in [6.07, 6.45) is 42.8. The summed E-state index contributed by atoms with van der Waals surface area (Å²) in [5, 5.41) is 30.8. The van der Waals surface area contributed by atoms with E-state index in [0.717, 1.165) is 38.5 Å². The third kappa shape index (κ3) is 39.4. The van der Waals surface area contributed by atoms with Gasteiger partial charge in [-0.05, 0) is 12.8 Å². The number of rotatable bonds is 51. The van der Waals surface area contributed by atoms with E-state index in [0.29, 0.717) is 13.0 Å². The topological polar surface area (TPSA) is 178 Å². The summed E-state index contributed by atoms with van der Waals surface area (Å²) >= 11 is 0. The summed E-state index contributed by atoms with van der Waals surface area (Å²) in [6, 6.07) is 0. The Kier molecular flexibility index (Phi) is 44.2. The van der Waals surface area contributed by atoms with E-state index in [1.807, 2.05) is 0 Å². The van der Waals surface area contributed by atoms with Gasteiger partial charge in [0.05, 0.1) is 19.8 Å². The van der Waals surface area contributed by atoms with Gasteiger partial charge >= 0.3 is 16.4 Å². The zero-order valence-electron chi connectivity index (χ0n) is 43.2. The van der Waals surface area contributed by atoms with Crippen molar-refractivity contribution in [3.8, 4) is 0 Å². The van der Waals surface area contributed by atoms with Gasteiger partial charge in [0.15, 0.2) is 6.29 Å². The molecule has 4 N–H and O–H groups in total. The van der Waals surface area contributed by atoms with Crippen LogP contribution in [-0.4, -0.2) is 97.5 Å². The average Bonchev–Trinajstić information content (AvgIpc) is 3.30. The van der Waals surface area contributed by atoms with E-state index < -0.39 is 53.8 Å². The molecule has 0 spiro atoms. The molecule has 1 aliphatic heterocycles. The highest BCUT2D eigenvalue weighted by Gasteiger charge is 2.48. The van der Waals surface area contributed by atoms with E-state index in [1.54, 1.807) is 0 Å². The van der Waals surface area contributed by atoms with Crippen molar-refractivity contribution in [3.63, 3.8) is 0 Å². The van der Waals surface area contributed by atoms with E-state index in [4.69, 9.17) is 18.9 Å². The van der Waals surface area contributed by atoms with E-state index in [1.165, 1.54) is 212 Å². The van der Waals surface area contributed by atoms with E-state index in [-0.39, 0.29) is 25.6 Å². The number of ether oxygens (including phenoxy) is 4. The fraction of sp³-hybridized carbons (Fsp3) is 0.981. The zero-order chi connectivity index (χ0) is 48.9. The van der Waals surface area contributed by atoms with Crippen LogP contribution in [0.5, 0.6) is 0 Å². The normalized spacial score (nSPS) is 19.3. The fourth-order valence-electron chi connectivity index (χ4n) is 9.21. The third-order valence-electron chi connectivity index (χ3n) is 13.5. The SMILES string of the molecule is CCCCCCCCCCCCCCCCCCCCCCCC(=O)OC(COCCCCCCCCCCCCCCCCCCCCC)COC1OC(CO)C(O)C(OS(=O)(=O)O)C1O. The van der Waals surface area contributed by atoms with E-state index in [2.05, 4.69) is 18.0 Å². The first-order chi connectivity index (χ1) is 32.6. The van der Waals surface area contributed by atoms with Crippen LogP contribution in [0, 0.1) is 0 Å². The molecule has 12 nitrogen and oxygen atoms in total. The van der Waals surface area contributed by atoms with Crippen molar-refractivity contribution >= 4 is 16.4 Å². The fourth-order valence-corrected chi connectivity index (χ4v) is 9.72. The van der Waals surface area contributed by atoms with Gasteiger partial charge < -0.3 is 34.3 Å². The van der Waals surface area contributed by atoms with Crippen molar-refractivity contribution in [1.29, 1.82) is 0 Å². The molecule has 0 aliphatic carbocycles. The Hall–Kier alpha value is -0.900. The molecule has 6 atom stereocenters. The van der Waals surface area contributed by atoms with Gasteiger partial charge in [-0.15, -0.1) is 0 Å². The quantitative estimate of drug-likeness (QED) is 0.0258. The Morgan fingerprint density at radius 3 is 1.19 bits per heavy atom. The summed E-state index contributed by atoms with van der Waals surface area (Å²) in [6.45, 7) is 4.08. The van der Waals surface area contributed by atoms with Crippen molar-refractivity contribution in [1.82, 2.24) is 0 Å². The Morgan fingerprint density at radius 2 is 0.851 bits per heavy atom. The molecular formula is C54H106O12S. The minimum atomic E-state index is -5.06. The summed E-state index contributed by atoms with van der Waals surface area (Å²) in [7, 11) is -5.06. The summed E-state index contributed by atoms with van der Waals surface area (Å²) in [4.78, 5) is 12.9. The van der Waals surface area contributed by atoms with Gasteiger partial charge in [-0.2, -0.15) is 8.42 Å². The van der Waals surface area contributed by atoms with Crippen LogP contribution in [0.3, 0.4) is 0 Å². The molecule has 67 heavy (non-hydrogen) atoms.